The first kappa shape index (κ1) is 17.2. The van der Waals surface area contributed by atoms with Gasteiger partial charge in [0.15, 0.2) is 0 Å². The number of nitrogens with zero attached hydrogens (tertiary/aromatic N) is 1. The van der Waals surface area contributed by atoms with E-state index in [0.29, 0.717) is 6.54 Å². The second-order valence-electron chi connectivity index (χ2n) is 4.07. The van der Waals surface area contributed by atoms with Crippen molar-refractivity contribution in [2.24, 2.45) is 5.73 Å². The Labute approximate surface area is 111 Å². The number of amides is 3. The first-order valence-corrected chi connectivity index (χ1v) is 6.09. The fourth-order valence-electron chi connectivity index (χ4n) is 1.43. The van der Waals surface area contributed by atoms with Gasteiger partial charge in [0.25, 0.3) is 0 Å². The van der Waals surface area contributed by atoms with Gasteiger partial charge in [0.2, 0.25) is 5.91 Å². The van der Waals surface area contributed by atoms with Crippen LogP contribution in [-0.4, -0.2) is 58.8 Å². The molecule has 0 fully saturated rings. The molecule has 0 radical (unpaired) electrons. The van der Waals surface area contributed by atoms with Gasteiger partial charge in [-0.2, -0.15) is 0 Å². The number of unbranched alkanes of at least 4 members (excludes halogenated alkanes) is 1. The maximum Gasteiger partial charge on any atom is 0.326 e. The van der Waals surface area contributed by atoms with Crippen LogP contribution >= 0.6 is 0 Å². The molecule has 8 heteroatoms. The summed E-state index contributed by atoms with van der Waals surface area (Å²) in [5.74, 6) is -2.14. The highest BCUT2D eigenvalue weighted by atomic mass is 16.4. The molecular formula is C11H21N3O5. The van der Waals surface area contributed by atoms with E-state index < -0.39 is 30.4 Å². The summed E-state index contributed by atoms with van der Waals surface area (Å²) >= 11 is 0. The number of aliphatic hydroxyl groups excluding tert-OH is 1. The molecule has 1 atom stereocenters. The monoisotopic (exact) mass is 275 g/mol. The number of aliphatic hydroxyl groups is 1. The number of nitrogens with two attached hydrogens (primary N) is 1. The lowest BCUT2D eigenvalue weighted by atomic mass is 10.2. The van der Waals surface area contributed by atoms with Crippen molar-refractivity contribution < 1.29 is 24.6 Å². The van der Waals surface area contributed by atoms with Gasteiger partial charge in [-0.15, -0.1) is 0 Å². The number of hydrogen-bond donors (Lipinski definition) is 4. The van der Waals surface area contributed by atoms with Crippen molar-refractivity contribution in [3.8, 4) is 0 Å². The van der Waals surface area contributed by atoms with Crippen LogP contribution < -0.4 is 11.1 Å². The number of carboxylic acids is 1. The molecule has 0 aliphatic rings. The normalized spacial score (nSPS) is 11.7. The molecule has 5 N–H and O–H groups in total. The Morgan fingerprint density at radius 2 is 1.95 bits per heavy atom. The second kappa shape index (κ2) is 9.15. The number of aliphatic carboxylic acids is 1. The van der Waals surface area contributed by atoms with Crippen molar-refractivity contribution in [3.63, 3.8) is 0 Å². The predicted octanol–water partition coefficient (Wildman–Crippen LogP) is -0.881. The first-order valence-electron chi connectivity index (χ1n) is 6.09. The summed E-state index contributed by atoms with van der Waals surface area (Å²) < 4.78 is 0. The highest BCUT2D eigenvalue weighted by molar-refractivity contribution is 5.87. The Kier molecular flexibility index (Phi) is 8.27. The molecule has 0 saturated heterocycles. The maximum atomic E-state index is 11.8. The fraction of sp³-hybridized carbons (Fsp3) is 0.727. The summed E-state index contributed by atoms with van der Waals surface area (Å²) in [7, 11) is 0. The van der Waals surface area contributed by atoms with Gasteiger partial charge in [0.05, 0.1) is 13.0 Å². The molecule has 1 unspecified atom stereocenters. The Morgan fingerprint density at radius 3 is 2.37 bits per heavy atom. The topological polar surface area (TPSA) is 133 Å². The van der Waals surface area contributed by atoms with Crippen molar-refractivity contribution >= 4 is 17.9 Å². The van der Waals surface area contributed by atoms with Crippen LogP contribution in [0.15, 0.2) is 0 Å². The van der Waals surface area contributed by atoms with Crippen LogP contribution in [0.1, 0.15) is 26.2 Å². The van der Waals surface area contributed by atoms with Gasteiger partial charge in [-0.1, -0.05) is 13.3 Å². The van der Waals surface area contributed by atoms with Gasteiger partial charge in [0.1, 0.15) is 6.04 Å². The van der Waals surface area contributed by atoms with Crippen LogP contribution in [0.3, 0.4) is 0 Å². The lowest BCUT2D eigenvalue weighted by molar-refractivity contribution is -0.140. The van der Waals surface area contributed by atoms with Crippen LogP contribution in [-0.2, 0) is 9.59 Å². The molecule has 0 bridgehead atoms. The molecule has 19 heavy (non-hydrogen) atoms. The van der Waals surface area contributed by atoms with Crippen LogP contribution in [0.25, 0.3) is 0 Å². The van der Waals surface area contributed by atoms with Crippen molar-refractivity contribution in [1.29, 1.82) is 0 Å². The predicted molar refractivity (Wildman–Crippen MR) is 67.3 cm³/mol. The van der Waals surface area contributed by atoms with E-state index in [0.717, 1.165) is 12.8 Å². The van der Waals surface area contributed by atoms with E-state index in [1.807, 2.05) is 6.92 Å². The molecule has 0 aromatic heterocycles. The highest BCUT2D eigenvalue weighted by Gasteiger charge is 2.24. The summed E-state index contributed by atoms with van der Waals surface area (Å²) in [6.45, 7) is 2.24. The van der Waals surface area contributed by atoms with E-state index in [-0.39, 0.29) is 13.2 Å². The zero-order valence-corrected chi connectivity index (χ0v) is 11.0. The molecule has 0 heterocycles. The number of rotatable bonds is 9. The maximum absolute atomic E-state index is 11.8. The van der Waals surface area contributed by atoms with E-state index in [1.54, 1.807) is 0 Å². The Hall–Kier alpha value is -1.83. The van der Waals surface area contributed by atoms with Gasteiger partial charge in [-0.25, -0.2) is 9.59 Å². The van der Waals surface area contributed by atoms with Crippen LogP contribution in [0.4, 0.5) is 4.79 Å². The zero-order chi connectivity index (χ0) is 14.8. The third-order valence-electron chi connectivity index (χ3n) is 2.44. The third kappa shape index (κ3) is 7.24. The van der Waals surface area contributed by atoms with Crippen molar-refractivity contribution in [2.45, 2.75) is 32.2 Å². The average Bonchev–Trinajstić information content (AvgIpc) is 2.32. The Morgan fingerprint density at radius 1 is 1.32 bits per heavy atom. The highest BCUT2D eigenvalue weighted by Crippen LogP contribution is 1.99. The van der Waals surface area contributed by atoms with Crippen LogP contribution in [0.2, 0.25) is 0 Å². The first-order chi connectivity index (χ1) is 8.92. The smallest absolute Gasteiger partial charge is 0.326 e. The average molecular weight is 275 g/mol. The van der Waals surface area contributed by atoms with Crippen molar-refractivity contribution in [2.75, 3.05) is 19.7 Å². The molecule has 0 saturated carbocycles. The number of carboxylic acid groups (broad SMARTS) is 1. The Balaban J connectivity index is 4.55. The lowest BCUT2D eigenvalue weighted by Gasteiger charge is -2.24. The molecule has 110 valence electrons. The van der Waals surface area contributed by atoms with Crippen molar-refractivity contribution in [3.05, 3.63) is 0 Å². The number of urea groups is 1. The second-order valence-corrected chi connectivity index (χ2v) is 4.07. The fourth-order valence-corrected chi connectivity index (χ4v) is 1.43. The minimum Gasteiger partial charge on any atom is -0.480 e. The van der Waals surface area contributed by atoms with Gasteiger partial charge in [0, 0.05) is 13.1 Å². The van der Waals surface area contributed by atoms with Crippen LogP contribution in [0, 0.1) is 0 Å². The number of primary amides is 1. The quantitative estimate of drug-likeness (QED) is 0.433. The summed E-state index contributed by atoms with van der Waals surface area (Å²) in [5, 5.41) is 19.9. The van der Waals surface area contributed by atoms with E-state index in [4.69, 9.17) is 15.9 Å². The molecule has 0 spiro atoms. The summed E-state index contributed by atoms with van der Waals surface area (Å²) in [5.41, 5.74) is 4.91. The Bertz CT molecular complexity index is 321. The van der Waals surface area contributed by atoms with Gasteiger partial charge >= 0.3 is 12.0 Å². The standard InChI is InChI=1S/C11H21N3O5/c1-2-3-4-14(5-6-15)11(19)13-8(10(17)18)7-9(12)16/h8,15H,2-7H2,1H3,(H2,12,16)(H,13,19)(H,17,18). The molecule has 3 amide bonds. The van der Waals surface area contributed by atoms with E-state index in [2.05, 4.69) is 5.32 Å². The number of carbonyl (C=O) groups is 3. The van der Waals surface area contributed by atoms with E-state index in [9.17, 15) is 14.4 Å². The number of nitrogens with one attached hydrogen (secondary N) is 1. The third-order valence-corrected chi connectivity index (χ3v) is 2.44. The molecule has 0 aromatic rings. The summed E-state index contributed by atoms with van der Waals surface area (Å²) in [6, 6.07) is -1.98. The molecule has 0 rings (SSSR count). The molecule has 0 aliphatic heterocycles. The lowest BCUT2D eigenvalue weighted by Crippen LogP contribution is -2.50. The SMILES string of the molecule is CCCCN(CCO)C(=O)NC(CC(N)=O)C(=O)O. The van der Waals surface area contributed by atoms with E-state index >= 15 is 0 Å². The summed E-state index contributed by atoms with van der Waals surface area (Å²) in [4.78, 5) is 34.7. The van der Waals surface area contributed by atoms with Crippen molar-refractivity contribution in [1.82, 2.24) is 10.2 Å². The molecule has 0 aliphatic carbocycles. The molecular weight excluding hydrogens is 254 g/mol. The minimum absolute atomic E-state index is 0.106. The number of hydrogen-bond acceptors (Lipinski definition) is 4. The van der Waals surface area contributed by atoms with E-state index in [1.165, 1.54) is 4.90 Å². The molecule has 8 nitrogen and oxygen atoms in total. The molecule has 0 aromatic carbocycles. The number of carbonyl (C=O) groups excluding carboxylic acids is 2. The minimum atomic E-state index is -1.35. The largest absolute Gasteiger partial charge is 0.480 e. The summed E-state index contributed by atoms with van der Waals surface area (Å²) in [6.07, 6.45) is 1.13. The zero-order valence-electron chi connectivity index (χ0n) is 11.0. The van der Waals surface area contributed by atoms with Gasteiger partial charge in [-0.05, 0) is 6.42 Å². The van der Waals surface area contributed by atoms with Gasteiger partial charge < -0.3 is 26.2 Å². The van der Waals surface area contributed by atoms with Crippen LogP contribution in [0.5, 0.6) is 0 Å². The van der Waals surface area contributed by atoms with Gasteiger partial charge in [-0.3, -0.25) is 4.79 Å².